The molecule has 0 atom stereocenters. The standard InChI is InChI=1S/C21H13N/c22-14-15-8-10-16(11-9-15)20-7-3-6-19-12-17-4-1-2-5-18(17)13-21(19)20/h1-13H. The van der Waals surface area contributed by atoms with E-state index in [4.69, 9.17) is 5.26 Å². The van der Waals surface area contributed by atoms with E-state index in [0.717, 1.165) is 5.56 Å². The fourth-order valence-electron chi connectivity index (χ4n) is 2.94. The van der Waals surface area contributed by atoms with Crippen molar-refractivity contribution in [1.29, 1.82) is 5.26 Å². The molecule has 0 bridgehead atoms. The van der Waals surface area contributed by atoms with Gasteiger partial charge in [0.2, 0.25) is 0 Å². The lowest BCUT2D eigenvalue weighted by Gasteiger charge is -2.09. The first-order valence-corrected chi connectivity index (χ1v) is 7.27. The molecule has 4 aromatic rings. The molecule has 1 heteroatoms. The average molecular weight is 279 g/mol. The molecule has 0 aliphatic rings. The maximum Gasteiger partial charge on any atom is 0.0991 e. The highest BCUT2D eigenvalue weighted by Gasteiger charge is 2.05. The van der Waals surface area contributed by atoms with Crippen LogP contribution in [0, 0.1) is 11.3 Å². The molecular formula is C21H13N. The molecule has 0 radical (unpaired) electrons. The van der Waals surface area contributed by atoms with Gasteiger partial charge in [-0.1, -0.05) is 54.6 Å². The second-order valence-electron chi connectivity index (χ2n) is 5.42. The number of fused-ring (bicyclic) bond motifs is 2. The third-order valence-corrected chi connectivity index (χ3v) is 4.07. The van der Waals surface area contributed by atoms with Gasteiger partial charge in [0.25, 0.3) is 0 Å². The molecular weight excluding hydrogens is 266 g/mol. The molecule has 4 rings (SSSR count). The van der Waals surface area contributed by atoms with Crippen LogP contribution in [-0.2, 0) is 0 Å². The van der Waals surface area contributed by atoms with E-state index >= 15 is 0 Å². The monoisotopic (exact) mass is 279 g/mol. The second kappa shape index (κ2) is 5.02. The number of hydrogen-bond acceptors (Lipinski definition) is 1. The number of nitriles is 1. The summed E-state index contributed by atoms with van der Waals surface area (Å²) in [6.07, 6.45) is 0. The molecule has 22 heavy (non-hydrogen) atoms. The van der Waals surface area contributed by atoms with Gasteiger partial charge in [-0.05, 0) is 56.9 Å². The molecule has 0 saturated carbocycles. The van der Waals surface area contributed by atoms with E-state index < -0.39 is 0 Å². The van der Waals surface area contributed by atoms with Gasteiger partial charge in [-0.25, -0.2) is 0 Å². The summed E-state index contributed by atoms with van der Waals surface area (Å²) >= 11 is 0. The van der Waals surface area contributed by atoms with E-state index in [-0.39, 0.29) is 0 Å². The minimum atomic E-state index is 0.689. The Morgan fingerprint density at radius 2 is 1.32 bits per heavy atom. The second-order valence-corrected chi connectivity index (χ2v) is 5.42. The highest BCUT2D eigenvalue weighted by molar-refractivity contribution is 6.04. The molecule has 0 N–H and O–H groups in total. The Balaban J connectivity index is 2.00. The summed E-state index contributed by atoms with van der Waals surface area (Å²) in [4.78, 5) is 0. The quantitative estimate of drug-likeness (QED) is 0.420. The van der Waals surface area contributed by atoms with Crippen LogP contribution in [0.5, 0.6) is 0 Å². The Bertz CT molecular complexity index is 1020. The lowest BCUT2D eigenvalue weighted by atomic mass is 9.95. The molecule has 1 nitrogen and oxygen atoms in total. The lowest BCUT2D eigenvalue weighted by molar-refractivity contribution is 1.48. The van der Waals surface area contributed by atoms with Crippen LogP contribution < -0.4 is 0 Å². The van der Waals surface area contributed by atoms with Crippen molar-refractivity contribution in [3.63, 3.8) is 0 Å². The Morgan fingerprint density at radius 1 is 0.636 bits per heavy atom. The van der Waals surface area contributed by atoms with E-state index in [1.165, 1.54) is 27.1 Å². The van der Waals surface area contributed by atoms with E-state index in [1.54, 1.807) is 0 Å². The zero-order valence-electron chi connectivity index (χ0n) is 12.0. The number of benzene rings is 4. The molecule has 4 aromatic carbocycles. The van der Waals surface area contributed by atoms with Crippen LogP contribution in [0.15, 0.2) is 78.9 Å². The van der Waals surface area contributed by atoms with Gasteiger partial charge in [0.1, 0.15) is 0 Å². The van der Waals surface area contributed by atoms with Crippen molar-refractivity contribution in [3.05, 3.63) is 84.4 Å². The van der Waals surface area contributed by atoms with Crippen molar-refractivity contribution in [1.82, 2.24) is 0 Å². The topological polar surface area (TPSA) is 23.8 Å². The maximum absolute atomic E-state index is 8.94. The predicted octanol–water partition coefficient (Wildman–Crippen LogP) is 5.53. The van der Waals surface area contributed by atoms with E-state index in [1.807, 2.05) is 24.3 Å². The minimum Gasteiger partial charge on any atom is -0.192 e. The molecule has 0 saturated heterocycles. The smallest absolute Gasteiger partial charge is 0.0991 e. The highest BCUT2D eigenvalue weighted by Crippen LogP contribution is 2.31. The van der Waals surface area contributed by atoms with E-state index in [9.17, 15) is 0 Å². The molecule has 0 aliphatic carbocycles. The molecule has 0 aliphatic heterocycles. The summed E-state index contributed by atoms with van der Waals surface area (Å²) in [6.45, 7) is 0. The number of rotatable bonds is 1. The van der Waals surface area contributed by atoms with Crippen LogP contribution in [0.2, 0.25) is 0 Å². The third kappa shape index (κ3) is 2.03. The minimum absolute atomic E-state index is 0.689. The summed E-state index contributed by atoms with van der Waals surface area (Å²) in [5.41, 5.74) is 3.03. The first-order valence-electron chi connectivity index (χ1n) is 7.27. The molecule has 102 valence electrons. The van der Waals surface area contributed by atoms with Gasteiger partial charge in [0.15, 0.2) is 0 Å². The first-order chi connectivity index (χ1) is 10.8. The van der Waals surface area contributed by atoms with Gasteiger partial charge in [-0.2, -0.15) is 5.26 Å². The summed E-state index contributed by atoms with van der Waals surface area (Å²) in [6, 6.07) is 29.2. The molecule has 0 heterocycles. The van der Waals surface area contributed by atoms with Crippen molar-refractivity contribution >= 4 is 21.5 Å². The zero-order chi connectivity index (χ0) is 14.9. The normalized spacial score (nSPS) is 10.7. The summed E-state index contributed by atoms with van der Waals surface area (Å²) < 4.78 is 0. The first kappa shape index (κ1) is 12.6. The van der Waals surface area contributed by atoms with Gasteiger partial charge < -0.3 is 0 Å². The van der Waals surface area contributed by atoms with Gasteiger partial charge in [-0.3, -0.25) is 0 Å². The number of hydrogen-bond donors (Lipinski definition) is 0. The van der Waals surface area contributed by atoms with Crippen molar-refractivity contribution in [3.8, 4) is 17.2 Å². The predicted molar refractivity (Wildman–Crippen MR) is 91.6 cm³/mol. The zero-order valence-corrected chi connectivity index (χ0v) is 12.0. The molecule has 0 fully saturated rings. The van der Waals surface area contributed by atoms with Crippen molar-refractivity contribution in [2.45, 2.75) is 0 Å². The van der Waals surface area contributed by atoms with E-state index in [2.05, 4.69) is 60.7 Å². The van der Waals surface area contributed by atoms with E-state index in [0.29, 0.717) is 5.56 Å². The maximum atomic E-state index is 8.94. The SMILES string of the molecule is N#Cc1ccc(-c2cccc3cc4ccccc4cc23)cc1. The highest BCUT2D eigenvalue weighted by atomic mass is 14.2. The Labute approximate surface area is 129 Å². The molecule has 0 amide bonds. The fourth-order valence-corrected chi connectivity index (χ4v) is 2.94. The Hall–Kier alpha value is -3.11. The molecule has 0 unspecified atom stereocenters. The molecule has 0 aromatic heterocycles. The number of nitrogens with zero attached hydrogens (tertiary/aromatic N) is 1. The summed E-state index contributed by atoms with van der Waals surface area (Å²) in [5.74, 6) is 0. The van der Waals surface area contributed by atoms with Crippen LogP contribution in [0.3, 0.4) is 0 Å². The van der Waals surface area contributed by atoms with Crippen LogP contribution in [0.4, 0.5) is 0 Å². The lowest BCUT2D eigenvalue weighted by Crippen LogP contribution is -1.83. The van der Waals surface area contributed by atoms with Gasteiger partial charge in [0, 0.05) is 0 Å². The van der Waals surface area contributed by atoms with Crippen LogP contribution in [-0.4, -0.2) is 0 Å². The third-order valence-electron chi connectivity index (χ3n) is 4.07. The van der Waals surface area contributed by atoms with Crippen LogP contribution in [0.25, 0.3) is 32.7 Å². The fraction of sp³-hybridized carbons (Fsp3) is 0. The van der Waals surface area contributed by atoms with Gasteiger partial charge in [0.05, 0.1) is 11.6 Å². The largest absolute Gasteiger partial charge is 0.192 e. The van der Waals surface area contributed by atoms with Gasteiger partial charge in [-0.15, -0.1) is 0 Å². The summed E-state index contributed by atoms with van der Waals surface area (Å²) in [5, 5.41) is 13.9. The van der Waals surface area contributed by atoms with Crippen molar-refractivity contribution in [2.75, 3.05) is 0 Å². The van der Waals surface area contributed by atoms with Crippen molar-refractivity contribution in [2.24, 2.45) is 0 Å². The van der Waals surface area contributed by atoms with Crippen LogP contribution >= 0.6 is 0 Å². The Morgan fingerprint density at radius 3 is 2.05 bits per heavy atom. The van der Waals surface area contributed by atoms with Crippen molar-refractivity contribution < 1.29 is 0 Å². The molecule has 0 spiro atoms. The van der Waals surface area contributed by atoms with Crippen LogP contribution in [0.1, 0.15) is 5.56 Å². The average Bonchev–Trinajstić information content (AvgIpc) is 2.59. The van der Waals surface area contributed by atoms with Gasteiger partial charge >= 0.3 is 0 Å². The summed E-state index contributed by atoms with van der Waals surface area (Å²) in [7, 11) is 0. The Kier molecular flexibility index (Phi) is 2.88.